The van der Waals surface area contributed by atoms with Crippen LogP contribution in [0.5, 0.6) is 0 Å². The summed E-state index contributed by atoms with van der Waals surface area (Å²) in [5.41, 5.74) is 2.04. The highest BCUT2D eigenvalue weighted by Gasteiger charge is 2.44. The Balaban J connectivity index is 1.83. The van der Waals surface area contributed by atoms with Gasteiger partial charge in [0.15, 0.2) is 0 Å². The Bertz CT molecular complexity index is 1240. The van der Waals surface area contributed by atoms with E-state index in [2.05, 4.69) is 5.32 Å². The summed E-state index contributed by atoms with van der Waals surface area (Å²) < 4.78 is 16.2. The number of aliphatic carboxylic acids is 1. The van der Waals surface area contributed by atoms with Crippen LogP contribution in [0.3, 0.4) is 0 Å². The van der Waals surface area contributed by atoms with E-state index in [0.717, 1.165) is 16.7 Å². The van der Waals surface area contributed by atoms with Crippen LogP contribution in [-0.4, -0.2) is 47.0 Å². The maximum absolute atomic E-state index is 12.9. The van der Waals surface area contributed by atoms with Crippen LogP contribution in [0.1, 0.15) is 37.5 Å². The van der Waals surface area contributed by atoms with Crippen molar-refractivity contribution in [3.05, 3.63) is 132 Å². The van der Waals surface area contributed by atoms with Crippen LogP contribution < -0.4 is 5.32 Å². The van der Waals surface area contributed by atoms with Crippen molar-refractivity contribution in [1.29, 1.82) is 0 Å². The minimum atomic E-state index is -1.35. The first kappa shape index (κ1) is 30.0. The van der Waals surface area contributed by atoms with Crippen molar-refractivity contribution in [2.24, 2.45) is 0 Å². The lowest BCUT2D eigenvalue weighted by Gasteiger charge is -2.40. The third kappa shape index (κ3) is 7.80. The van der Waals surface area contributed by atoms with E-state index in [9.17, 15) is 14.7 Å². The summed E-state index contributed by atoms with van der Waals surface area (Å²) in [6, 6.07) is 28.4. The Hall–Kier alpha value is -4.01. The molecule has 8 heteroatoms. The third-order valence-electron chi connectivity index (χ3n) is 6.27. The molecule has 0 aromatic heterocycles. The number of carbonyl (C=O) groups is 2. The van der Waals surface area contributed by atoms with Crippen LogP contribution in [0.2, 0.25) is 0 Å². The SMILES string of the molecule is CC(C)(C)OC(=O)NC(C(=O)O)[C@@H](CO[C@H]1C=CC=CO1)SC(c1ccccc1)(c1ccccc1)c1ccccc1. The number of allylic oxidation sites excluding steroid dienone is 2. The summed E-state index contributed by atoms with van der Waals surface area (Å²) in [5.74, 6) is -1.21. The maximum Gasteiger partial charge on any atom is 0.408 e. The monoisotopic (exact) mass is 573 g/mol. The summed E-state index contributed by atoms with van der Waals surface area (Å²) in [6.45, 7) is 5.13. The van der Waals surface area contributed by atoms with Crippen LogP contribution in [0.15, 0.2) is 115 Å². The number of hydrogen-bond acceptors (Lipinski definition) is 6. The summed E-state index contributed by atoms with van der Waals surface area (Å²) >= 11 is 1.41. The molecule has 0 bridgehead atoms. The average Bonchev–Trinajstić information content (AvgIpc) is 2.97. The molecule has 1 amide bonds. The lowest BCUT2D eigenvalue weighted by molar-refractivity contribution is -0.140. The number of thioether (sulfide) groups is 1. The molecule has 41 heavy (non-hydrogen) atoms. The number of hydrogen-bond donors (Lipinski definition) is 2. The molecular formula is C33H35NO6S. The van der Waals surface area contributed by atoms with Gasteiger partial charge in [-0.25, -0.2) is 9.59 Å². The molecule has 3 aromatic rings. The number of carboxylic acid groups (broad SMARTS) is 1. The number of rotatable bonds is 11. The number of benzene rings is 3. The molecule has 3 atom stereocenters. The first-order valence-corrected chi connectivity index (χ1v) is 14.2. The first-order chi connectivity index (χ1) is 19.7. The van der Waals surface area contributed by atoms with E-state index in [4.69, 9.17) is 14.2 Å². The molecule has 1 heterocycles. The summed E-state index contributed by atoms with van der Waals surface area (Å²) in [4.78, 5) is 25.7. The second kappa shape index (κ2) is 13.6. The zero-order valence-electron chi connectivity index (χ0n) is 23.3. The maximum atomic E-state index is 12.9. The molecule has 0 spiro atoms. The van der Waals surface area contributed by atoms with Crippen molar-refractivity contribution in [3.8, 4) is 0 Å². The average molecular weight is 574 g/mol. The van der Waals surface area contributed by atoms with Crippen molar-refractivity contribution >= 4 is 23.8 Å². The van der Waals surface area contributed by atoms with Crippen LogP contribution in [0.4, 0.5) is 4.79 Å². The number of carbonyl (C=O) groups excluding carboxylic acids is 1. The lowest BCUT2D eigenvalue weighted by Crippen LogP contribution is -2.52. The number of ether oxygens (including phenoxy) is 3. The Morgan fingerprint density at radius 3 is 1.80 bits per heavy atom. The van der Waals surface area contributed by atoms with Crippen LogP contribution in [0, 0.1) is 0 Å². The minimum absolute atomic E-state index is 0.0471. The Morgan fingerprint density at radius 1 is 0.878 bits per heavy atom. The van der Waals surface area contributed by atoms with Gasteiger partial charge in [-0.05, 0) is 49.6 Å². The normalized spacial score (nSPS) is 16.3. The van der Waals surface area contributed by atoms with Crippen LogP contribution in [-0.2, 0) is 23.8 Å². The fraction of sp³-hybridized carbons (Fsp3) is 0.273. The smallest absolute Gasteiger partial charge is 0.408 e. The van der Waals surface area contributed by atoms with E-state index in [0.29, 0.717) is 0 Å². The van der Waals surface area contributed by atoms with Gasteiger partial charge in [-0.15, -0.1) is 11.8 Å². The number of nitrogens with one attached hydrogen (secondary N) is 1. The molecule has 214 valence electrons. The second-order valence-electron chi connectivity index (χ2n) is 10.4. The molecule has 0 saturated heterocycles. The standard InChI is InChI=1S/C33H35NO6S/c1-32(2,3)40-31(37)34-29(30(35)36)27(23-39-28-21-13-14-22-38-28)41-33(24-15-7-4-8-16-24,25-17-9-5-10-18-25)26-19-11-6-12-20-26/h4-22,27-29H,23H2,1-3H3,(H,34,37)(H,35,36)/t27-,28+,29?/m1/s1. The largest absolute Gasteiger partial charge is 0.480 e. The highest BCUT2D eigenvalue weighted by molar-refractivity contribution is 8.01. The zero-order valence-corrected chi connectivity index (χ0v) is 24.1. The number of amides is 1. The van der Waals surface area contributed by atoms with E-state index in [1.54, 1.807) is 39.0 Å². The second-order valence-corrected chi connectivity index (χ2v) is 11.9. The Kier molecular flexibility index (Phi) is 9.91. The van der Waals surface area contributed by atoms with E-state index in [-0.39, 0.29) is 6.61 Å². The van der Waals surface area contributed by atoms with Gasteiger partial charge in [-0.2, -0.15) is 0 Å². The third-order valence-corrected chi connectivity index (χ3v) is 8.05. The molecule has 0 saturated carbocycles. The predicted molar refractivity (Wildman–Crippen MR) is 160 cm³/mol. The molecule has 0 fully saturated rings. The van der Waals surface area contributed by atoms with E-state index in [1.807, 2.05) is 91.0 Å². The Morgan fingerprint density at radius 2 is 1.39 bits per heavy atom. The van der Waals surface area contributed by atoms with Crippen molar-refractivity contribution in [2.45, 2.75) is 48.7 Å². The van der Waals surface area contributed by atoms with E-state index in [1.165, 1.54) is 18.0 Å². The van der Waals surface area contributed by atoms with Gasteiger partial charge in [-0.1, -0.05) is 97.1 Å². The fourth-order valence-electron chi connectivity index (χ4n) is 4.55. The van der Waals surface area contributed by atoms with Crippen LogP contribution in [0.25, 0.3) is 0 Å². The van der Waals surface area contributed by atoms with Crippen LogP contribution >= 0.6 is 11.8 Å². The molecule has 0 aliphatic carbocycles. The van der Waals surface area contributed by atoms with Gasteiger partial charge in [0.1, 0.15) is 11.6 Å². The van der Waals surface area contributed by atoms with Crippen molar-refractivity contribution in [3.63, 3.8) is 0 Å². The fourth-order valence-corrected chi connectivity index (χ4v) is 6.29. The summed E-state index contributed by atoms with van der Waals surface area (Å²) in [5, 5.41) is 12.3. The van der Waals surface area contributed by atoms with Gasteiger partial charge < -0.3 is 24.6 Å². The molecular weight excluding hydrogens is 538 g/mol. The molecule has 1 aliphatic rings. The highest BCUT2D eigenvalue weighted by Crippen LogP contribution is 2.51. The van der Waals surface area contributed by atoms with Gasteiger partial charge in [0.2, 0.25) is 6.29 Å². The number of alkyl carbamates (subject to hydrolysis) is 1. The van der Waals surface area contributed by atoms with Crippen molar-refractivity contribution in [1.82, 2.24) is 5.32 Å². The molecule has 2 N–H and O–H groups in total. The zero-order chi connectivity index (χ0) is 29.3. The molecule has 0 radical (unpaired) electrons. The molecule has 1 unspecified atom stereocenters. The summed E-state index contributed by atoms with van der Waals surface area (Å²) in [7, 11) is 0. The highest BCUT2D eigenvalue weighted by atomic mass is 32.2. The van der Waals surface area contributed by atoms with Gasteiger partial charge in [0.25, 0.3) is 0 Å². The van der Waals surface area contributed by atoms with E-state index < -0.39 is 40.0 Å². The van der Waals surface area contributed by atoms with Crippen molar-refractivity contribution in [2.75, 3.05) is 6.61 Å². The minimum Gasteiger partial charge on any atom is -0.480 e. The predicted octanol–water partition coefficient (Wildman–Crippen LogP) is 6.50. The molecule has 7 nitrogen and oxygen atoms in total. The first-order valence-electron chi connectivity index (χ1n) is 13.4. The van der Waals surface area contributed by atoms with Gasteiger partial charge in [0.05, 0.1) is 22.9 Å². The molecule has 4 rings (SSSR count). The van der Waals surface area contributed by atoms with Gasteiger partial charge in [-0.3, -0.25) is 0 Å². The topological polar surface area (TPSA) is 94.1 Å². The quantitative estimate of drug-likeness (QED) is 0.253. The lowest BCUT2D eigenvalue weighted by atomic mass is 9.84. The molecule has 3 aromatic carbocycles. The Labute approximate surface area is 245 Å². The van der Waals surface area contributed by atoms with Gasteiger partial charge in [0, 0.05) is 0 Å². The summed E-state index contributed by atoms with van der Waals surface area (Å²) in [6.07, 6.45) is 5.27. The van der Waals surface area contributed by atoms with Gasteiger partial charge >= 0.3 is 12.1 Å². The van der Waals surface area contributed by atoms with E-state index >= 15 is 0 Å². The van der Waals surface area contributed by atoms with Crippen molar-refractivity contribution < 1.29 is 28.9 Å². The number of carboxylic acids is 1. The molecule has 1 aliphatic heterocycles.